The Morgan fingerprint density at radius 2 is 0.615 bits per heavy atom. The Kier molecular flexibility index (Phi) is 5.90. The highest BCUT2D eigenvalue weighted by atomic mass is 32.1. The van der Waals surface area contributed by atoms with E-state index in [9.17, 15) is 0 Å². The van der Waals surface area contributed by atoms with Crippen LogP contribution in [0.2, 0.25) is 0 Å². The molecule has 0 bridgehead atoms. The first kappa shape index (κ1) is 28.6. The van der Waals surface area contributed by atoms with Crippen molar-refractivity contribution in [2.24, 2.45) is 0 Å². The van der Waals surface area contributed by atoms with Gasteiger partial charge in [0, 0.05) is 19.2 Å². The highest BCUT2D eigenvalue weighted by Gasteiger charge is 2.13. The number of benzene rings is 10. The Labute approximate surface area is 307 Å². The normalized spacial score (nSPS) is 12.2. The van der Waals surface area contributed by atoms with Gasteiger partial charge in [0.1, 0.15) is 0 Å². The zero-order valence-electron chi connectivity index (χ0n) is 28.0. The van der Waals surface area contributed by atoms with Gasteiger partial charge in [-0.25, -0.2) is 0 Å². The topological polar surface area (TPSA) is 0 Å². The van der Waals surface area contributed by atoms with Crippen LogP contribution < -0.4 is 0 Å². The molecule has 0 amide bonds. The van der Waals surface area contributed by atoms with Crippen molar-refractivity contribution in [3.05, 3.63) is 170 Å². The van der Waals surface area contributed by atoms with E-state index in [1.165, 1.54) is 116 Å². The molecule has 52 heavy (non-hydrogen) atoms. The summed E-state index contributed by atoms with van der Waals surface area (Å²) >= 11 is 3.78. The summed E-state index contributed by atoms with van der Waals surface area (Å²) < 4.78 is 2.66. The van der Waals surface area contributed by atoms with Crippen LogP contribution in [0, 0.1) is 0 Å². The summed E-state index contributed by atoms with van der Waals surface area (Å²) in [6, 6.07) is 64.0. The first-order chi connectivity index (χ1) is 25.7. The van der Waals surface area contributed by atoms with Crippen molar-refractivity contribution >= 4 is 118 Å². The molecule has 0 atom stereocenters. The molecule has 12 aromatic rings. The molecule has 240 valence electrons. The fraction of sp³-hybridized carbons (Fsp3) is 0. The van der Waals surface area contributed by atoms with Crippen LogP contribution in [-0.2, 0) is 0 Å². The molecule has 0 aliphatic rings. The van der Waals surface area contributed by atoms with E-state index in [-0.39, 0.29) is 0 Å². The molecule has 0 aliphatic carbocycles. The van der Waals surface area contributed by atoms with Crippen molar-refractivity contribution in [2.45, 2.75) is 0 Å². The maximum atomic E-state index is 2.41. The largest absolute Gasteiger partial charge is 0.135 e. The predicted octanol–water partition coefficient (Wildman–Crippen LogP) is 15.5. The van der Waals surface area contributed by atoms with Crippen LogP contribution in [0.15, 0.2) is 170 Å². The van der Waals surface area contributed by atoms with E-state index in [1.807, 2.05) is 22.7 Å². The van der Waals surface area contributed by atoms with Gasteiger partial charge >= 0.3 is 0 Å². The first-order valence-corrected chi connectivity index (χ1v) is 19.4. The van der Waals surface area contributed by atoms with Crippen molar-refractivity contribution in [1.29, 1.82) is 0 Å². The lowest BCUT2D eigenvalue weighted by Crippen LogP contribution is -1.81. The Morgan fingerprint density at radius 1 is 0.231 bits per heavy atom. The second-order valence-corrected chi connectivity index (χ2v) is 16.4. The SMILES string of the molecule is c1ccc2cc3cc(-c4cc5cc6c(ccc7c8cc9cc(-c%10ccc%11cc%12ccccc%12cc%11c%10)sc9cc8ccc67)cc5s4)ccc3cc2c1. The molecule has 0 saturated carbocycles. The van der Waals surface area contributed by atoms with Gasteiger partial charge in [-0.15, -0.1) is 22.7 Å². The maximum Gasteiger partial charge on any atom is 0.0355 e. The van der Waals surface area contributed by atoms with Crippen molar-refractivity contribution in [2.75, 3.05) is 0 Å². The lowest BCUT2D eigenvalue weighted by molar-refractivity contribution is 1.75. The number of rotatable bonds is 2. The molecule has 10 aromatic carbocycles. The Morgan fingerprint density at radius 3 is 1.06 bits per heavy atom. The zero-order chi connectivity index (χ0) is 33.9. The van der Waals surface area contributed by atoms with E-state index in [4.69, 9.17) is 0 Å². The summed E-state index contributed by atoms with van der Waals surface area (Å²) in [7, 11) is 0. The van der Waals surface area contributed by atoms with Crippen LogP contribution in [0.1, 0.15) is 0 Å². The number of hydrogen-bond acceptors (Lipinski definition) is 2. The third-order valence-electron chi connectivity index (χ3n) is 11.1. The van der Waals surface area contributed by atoms with Crippen LogP contribution in [0.4, 0.5) is 0 Å². The van der Waals surface area contributed by atoms with Gasteiger partial charge in [0.15, 0.2) is 0 Å². The molecule has 2 aromatic heterocycles. The fourth-order valence-electron chi connectivity index (χ4n) is 8.41. The van der Waals surface area contributed by atoms with Crippen molar-refractivity contribution in [3.8, 4) is 20.9 Å². The standard InChI is InChI=1S/C50H28S2/c1-3-7-31-19-39-21-37(11-9-33(39)17-29(31)5-1)47-27-41-23-45-35(25-49(41)51-47)13-15-44-43(45)16-14-36-26-50-42(24-46(36)44)28-48(52-50)38-12-10-34-18-30-6-2-4-8-32(30)20-40(34)22-38/h1-28H. The molecule has 0 fully saturated rings. The van der Waals surface area contributed by atoms with Crippen molar-refractivity contribution < 1.29 is 0 Å². The van der Waals surface area contributed by atoms with Crippen LogP contribution in [0.25, 0.3) is 116 Å². The minimum Gasteiger partial charge on any atom is -0.135 e. The zero-order valence-corrected chi connectivity index (χ0v) is 29.6. The van der Waals surface area contributed by atoms with E-state index >= 15 is 0 Å². The summed E-state index contributed by atoms with van der Waals surface area (Å²) in [5.41, 5.74) is 2.56. The predicted molar refractivity (Wildman–Crippen MR) is 231 cm³/mol. The molecule has 0 saturated heterocycles. The molecule has 0 unspecified atom stereocenters. The van der Waals surface area contributed by atoms with E-state index in [2.05, 4.69) is 170 Å². The molecular weight excluding hydrogens is 665 g/mol. The molecular formula is C50H28S2. The van der Waals surface area contributed by atoms with Gasteiger partial charge in [-0.05, 0) is 170 Å². The summed E-state index contributed by atoms with van der Waals surface area (Å²) in [4.78, 5) is 2.62. The van der Waals surface area contributed by atoms with Gasteiger partial charge in [-0.1, -0.05) is 97.1 Å². The lowest BCUT2D eigenvalue weighted by Gasteiger charge is -2.08. The second-order valence-electron chi connectivity index (χ2n) is 14.2. The lowest BCUT2D eigenvalue weighted by atomic mass is 9.95. The molecule has 2 heterocycles. The van der Waals surface area contributed by atoms with Gasteiger partial charge in [0.2, 0.25) is 0 Å². The number of fused-ring (bicyclic) bond motifs is 11. The summed E-state index contributed by atoms with van der Waals surface area (Å²) in [5.74, 6) is 0. The first-order valence-electron chi connectivity index (χ1n) is 17.8. The number of thiophene rings is 2. The van der Waals surface area contributed by atoms with Gasteiger partial charge < -0.3 is 0 Å². The minimum absolute atomic E-state index is 1.28. The molecule has 0 N–H and O–H groups in total. The monoisotopic (exact) mass is 692 g/mol. The second kappa shape index (κ2) is 10.7. The highest BCUT2D eigenvalue weighted by molar-refractivity contribution is 7.22. The molecule has 12 rings (SSSR count). The Bertz CT molecular complexity index is 3240. The summed E-state index contributed by atoms with van der Waals surface area (Å²) in [6.07, 6.45) is 0. The average molecular weight is 693 g/mol. The Hall–Kier alpha value is -6.06. The molecule has 0 aliphatic heterocycles. The highest BCUT2D eigenvalue weighted by Crippen LogP contribution is 2.42. The van der Waals surface area contributed by atoms with E-state index in [0.717, 1.165) is 0 Å². The van der Waals surface area contributed by atoms with Gasteiger partial charge in [-0.2, -0.15) is 0 Å². The minimum atomic E-state index is 1.28. The maximum absolute atomic E-state index is 2.41. The van der Waals surface area contributed by atoms with Crippen LogP contribution in [0.5, 0.6) is 0 Å². The average Bonchev–Trinajstić information content (AvgIpc) is 3.80. The smallest absolute Gasteiger partial charge is 0.0355 e. The van der Waals surface area contributed by atoms with Gasteiger partial charge in [0.05, 0.1) is 0 Å². The van der Waals surface area contributed by atoms with Crippen LogP contribution in [0.3, 0.4) is 0 Å². The Balaban J connectivity index is 0.958. The number of hydrogen-bond donors (Lipinski definition) is 0. The third kappa shape index (κ3) is 4.38. The van der Waals surface area contributed by atoms with Gasteiger partial charge in [-0.3, -0.25) is 0 Å². The summed E-state index contributed by atoms with van der Waals surface area (Å²) in [6.45, 7) is 0. The summed E-state index contributed by atoms with van der Waals surface area (Å²) in [5, 5.41) is 20.7. The third-order valence-corrected chi connectivity index (χ3v) is 13.4. The van der Waals surface area contributed by atoms with E-state index in [1.54, 1.807) is 0 Å². The van der Waals surface area contributed by atoms with Crippen LogP contribution >= 0.6 is 22.7 Å². The van der Waals surface area contributed by atoms with Crippen molar-refractivity contribution in [3.63, 3.8) is 0 Å². The van der Waals surface area contributed by atoms with Crippen molar-refractivity contribution in [1.82, 2.24) is 0 Å². The van der Waals surface area contributed by atoms with E-state index < -0.39 is 0 Å². The molecule has 2 heteroatoms. The molecule has 0 spiro atoms. The molecule has 0 nitrogen and oxygen atoms in total. The quantitative estimate of drug-likeness (QED) is 0.125. The van der Waals surface area contributed by atoms with Gasteiger partial charge in [0.25, 0.3) is 0 Å². The van der Waals surface area contributed by atoms with E-state index in [0.29, 0.717) is 0 Å². The fourth-order valence-corrected chi connectivity index (χ4v) is 10.6. The van der Waals surface area contributed by atoms with Crippen LogP contribution in [-0.4, -0.2) is 0 Å². The molecule has 0 radical (unpaired) electrons.